The molecule has 0 saturated carbocycles. The molecule has 0 aliphatic heterocycles. The maximum Gasteiger partial charge on any atom is 0.437 e. The Labute approximate surface area is 197 Å². The molecule has 0 aliphatic carbocycles. The van der Waals surface area contributed by atoms with E-state index in [2.05, 4.69) is 15.2 Å². The molecule has 0 aliphatic rings. The highest BCUT2D eigenvalue weighted by Gasteiger charge is 2.14. The molecule has 0 fully saturated rings. The number of carbonyl (C=O) groups excluding carboxylic acids is 1. The summed E-state index contributed by atoms with van der Waals surface area (Å²) >= 11 is 6.31. The Kier molecular flexibility index (Phi) is 8.25. The van der Waals surface area contributed by atoms with Crippen LogP contribution in [0.5, 0.6) is 17.2 Å². The average molecular weight is 496 g/mol. The number of hydrogen-bond acceptors (Lipinski definition) is 7. The van der Waals surface area contributed by atoms with Gasteiger partial charge in [-0.25, -0.2) is 4.79 Å². The van der Waals surface area contributed by atoms with Gasteiger partial charge in [-0.3, -0.25) is 4.79 Å². The van der Waals surface area contributed by atoms with Crippen LogP contribution in [0.15, 0.2) is 45.6 Å². The lowest BCUT2D eigenvalue weighted by atomic mass is 10.2. The summed E-state index contributed by atoms with van der Waals surface area (Å²) in [6.07, 6.45) is 2.96. The van der Waals surface area contributed by atoms with Gasteiger partial charge >= 0.3 is 12.4 Å². The van der Waals surface area contributed by atoms with Crippen molar-refractivity contribution in [1.82, 2.24) is 15.1 Å². The third-order valence-corrected chi connectivity index (χ3v) is 4.89. The Morgan fingerprint density at radius 1 is 1.18 bits per heavy atom. The van der Waals surface area contributed by atoms with E-state index < -0.39 is 24.8 Å². The van der Waals surface area contributed by atoms with E-state index in [-0.39, 0.29) is 23.2 Å². The first-order valence-electron chi connectivity index (χ1n) is 9.78. The molecular formula is C22H20ClF2N3O6. The van der Waals surface area contributed by atoms with Crippen molar-refractivity contribution < 1.29 is 32.2 Å². The standard InChI is InChI=1S/C22H20ClF2N3O6/c1-31-16-9-7-13(19(23)20(16)32-2)8-10-18-27-28(22(30)34-18)12-17(29)26-11-14-5-3-4-6-15(14)33-21(24)25/h3-10,21H,11-12H2,1-2H3,(H,26,29)/b10-8+. The summed E-state index contributed by atoms with van der Waals surface area (Å²) in [5, 5.41) is 6.76. The predicted molar refractivity (Wildman–Crippen MR) is 119 cm³/mol. The number of hydrogen-bond donors (Lipinski definition) is 1. The molecule has 0 radical (unpaired) electrons. The molecular weight excluding hydrogens is 476 g/mol. The molecule has 0 bridgehead atoms. The van der Waals surface area contributed by atoms with Crippen molar-refractivity contribution in [2.24, 2.45) is 0 Å². The molecule has 1 N–H and O–H groups in total. The lowest BCUT2D eigenvalue weighted by Crippen LogP contribution is -2.31. The Morgan fingerprint density at radius 2 is 1.94 bits per heavy atom. The number of nitrogens with one attached hydrogen (secondary N) is 1. The molecule has 9 nitrogen and oxygen atoms in total. The van der Waals surface area contributed by atoms with Gasteiger partial charge in [0.25, 0.3) is 0 Å². The zero-order valence-electron chi connectivity index (χ0n) is 18.1. The van der Waals surface area contributed by atoms with Crippen LogP contribution in [0.1, 0.15) is 17.0 Å². The maximum absolute atomic E-state index is 12.5. The quantitative estimate of drug-likeness (QED) is 0.458. The van der Waals surface area contributed by atoms with Crippen LogP contribution in [-0.2, 0) is 17.9 Å². The van der Waals surface area contributed by atoms with Crippen molar-refractivity contribution in [3.8, 4) is 17.2 Å². The fourth-order valence-corrected chi connectivity index (χ4v) is 3.23. The molecule has 1 heterocycles. The highest BCUT2D eigenvalue weighted by Crippen LogP contribution is 2.37. The van der Waals surface area contributed by atoms with Crippen molar-refractivity contribution in [3.05, 3.63) is 69.0 Å². The molecule has 0 unspecified atom stereocenters. The normalized spacial score (nSPS) is 11.1. The molecule has 180 valence electrons. The summed E-state index contributed by atoms with van der Waals surface area (Å²) in [6.45, 7) is -3.52. The van der Waals surface area contributed by atoms with Gasteiger partial charge in [0.1, 0.15) is 12.3 Å². The number of alkyl halides is 2. The van der Waals surface area contributed by atoms with Crippen LogP contribution < -0.4 is 25.3 Å². The number of ether oxygens (including phenoxy) is 3. The molecule has 1 amide bonds. The van der Waals surface area contributed by atoms with Crippen molar-refractivity contribution >= 4 is 29.7 Å². The number of methoxy groups -OCH3 is 2. The van der Waals surface area contributed by atoms with Crippen molar-refractivity contribution in [1.29, 1.82) is 0 Å². The van der Waals surface area contributed by atoms with E-state index in [4.69, 9.17) is 25.5 Å². The Morgan fingerprint density at radius 3 is 2.65 bits per heavy atom. The largest absolute Gasteiger partial charge is 0.493 e. The van der Waals surface area contributed by atoms with Gasteiger partial charge in [-0.05, 0) is 29.8 Å². The number of carbonyl (C=O) groups is 1. The maximum atomic E-state index is 12.5. The molecule has 12 heteroatoms. The van der Waals surface area contributed by atoms with Crippen LogP contribution in [-0.4, -0.2) is 36.5 Å². The van der Waals surface area contributed by atoms with E-state index in [1.165, 1.54) is 38.5 Å². The van der Waals surface area contributed by atoms with Gasteiger partial charge in [-0.15, -0.1) is 5.10 Å². The second kappa shape index (κ2) is 11.3. The number of benzene rings is 2. The summed E-state index contributed by atoms with van der Waals surface area (Å²) in [5.41, 5.74) is 0.901. The van der Waals surface area contributed by atoms with Gasteiger partial charge < -0.3 is 23.9 Å². The number of nitrogens with zero attached hydrogens (tertiary/aromatic N) is 2. The van der Waals surface area contributed by atoms with Crippen molar-refractivity contribution in [2.45, 2.75) is 19.7 Å². The van der Waals surface area contributed by atoms with Gasteiger partial charge in [0.2, 0.25) is 11.8 Å². The second-order valence-electron chi connectivity index (χ2n) is 6.66. The minimum absolute atomic E-state index is 0.0562. The lowest BCUT2D eigenvalue weighted by molar-refractivity contribution is -0.122. The summed E-state index contributed by atoms with van der Waals surface area (Å²) in [5.74, 6) is -0.752. The zero-order valence-corrected chi connectivity index (χ0v) is 18.8. The van der Waals surface area contributed by atoms with Gasteiger partial charge in [0.15, 0.2) is 11.5 Å². The summed E-state index contributed by atoms with van der Waals surface area (Å²) in [6, 6.07) is 9.38. The molecule has 0 spiro atoms. The number of para-hydroxylation sites is 1. The van der Waals surface area contributed by atoms with Crippen LogP contribution in [0.25, 0.3) is 12.2 Å². The first-order valence-corrected chi connectivity index (χ1v) is 10.2. The molecule has 34 heavy (non-hydrogen) atoms. The third-order valence-electron chi connectivity index (χ3n) is 4.50. The molecule has 3 rings (SSSR count). The predicted octanol–water partition coefficient (Wildman–Crippen LogP) is 3.60. The van der Waals surface area contributed by atoms with Crippen LogP contribution in [0.3, 0.4) is 0 Å². The van der Waals surface area contributed by atoms with E-state index in [1.807, 2.05) is 0 Å². The first kappa shape index (κ1) is 24.8. The zero-order chi connectivity index (χ0) is 24.7. The summed E-state index contributed by atoms with van der Waals surface area (Å²) in [4.78, 5) is 24.3. The average Bonchev–Trinajstić information content (AvgIpc) is 3.15. The van der Waals surface area contributed by atoms with E-state index in [9.17, 15) is 18.4 Å². The van der Waals surface area contributed by atoms with Gasteiger partial charge in [-0.1, -0.05) is 29.8 Å². The van der Waals surface area contributed by atoms with Gasteiger partial charge in [0.05, 0.1) is 19.2 Å². The Hall–Kier alpha value is -3.86. The van der Waals surface area contributed by atoms with Gasteiger partial charge in [-0.2, -0.15) is 13.5 Å². The number of amides is 1. The van der Waals surface area contributed by atoms with Crippen LogP contribution in [0.4, 0.5) is 8.78 Å². The van der Waals surface area contributed by atoms with Crippen molar-refractivity contribution in [3.63, 3.8) is 0 Å². The minimum Gasteiger partial charge on any atom is -0.493 e. The molecule has 1 aromatic heterocycles. The van der Waals surface area contributed by atoms with Gasteiger partial charge in [0, 0.05) is 18.2 Å². The fraction of sp³-hybridized carbons (Fsp3) is 0.227. The Balaban J connectivity index is 1.66. The first-order chi connectivity index (χ1) is 16.3. The van der Waals surface area contributed by atoms with E-state index >= 15 is 0 Å². The van der Waals surface area contributed by atoms with Crippen LogP contribution >= 0.6 is 11.6 Å². The minimum atomic E-state index is -2.99. The second-order valence-corrected chi connectivity index (χ2v) is 7.04. The highest BCUT2D eigenvalue weighted by molar-refractivity contribution is 6.34. The highest BCUT2D eigenvalue weighted by atomic mass is 35.5. The number of halogens is 3. The molecule has 0 atom stereocenters. The van der Waals surface area contributed by atoms with Crippen molar-refractivity contribution in [2.75, 3.05) is 14.2 Å². The monoisotopic (exact) mass is 495 g/mol. The molecule has 0 saturated heterocycles. The lowest BCUT2D eigenvalue weighted by Gasteiger charge is -2.11. The third kappa shape index (κ3) is 6.13. The number of aromatic nitrogens is 2. The smallest absolute Gasteiger partial charge is 0.437 e. The molecule has 2 aromatic carbocycles. The van der Waals surface area contributed by atoms with Crippen LogP contribution in [0.2, 0.25) is 5.02 Å². The summed E-state index contributed by atoms with van der Waals surface area (Å²) < 4.78 is 45.7. The SMILES string of the molecule is COc1ccc(/C=C/c2nn(CC(=O)NCc3ccccc3OC(F)F)c(=O)o2)c(Cl)c1OC. The topological polar surface area (TPSA) is 105 Å². The van der Waals surface area contributed by atoms with E-state index in [0.717, 1.165) is 4.68 Å². The van der Waals surface area contributed by atoms with E-state index in [1.54, 1.807) is 24.3 Å². The van der Waals surface area contributed by atoms with Crippen LogP contribution in [0, 0.1) is 0 Å². The number of rotatable bonds is 10. The molecule has 3 aromatic rings. The van der Waals surface area contributed by atoms with E-state index in [0.29, 0.717) is 22.6 Å². The summed E-state index contributed by atoms with van der Waals surface area (Å²) in [7, 11) is 2.94. The Bertz CT molecular complexity index is 1240. The fourth-order valence-electron chi connectivity index (χ4n) is 2.93.